The summed E-state index contributed by atoms with van der Waals surface area (Å²) in [5.41, 5.74) is 2.52. The summed E-state index contributed by atoms with van der Waals surface area (Å²) in [5, 5.41) is 3.19. The van der Waals surface area contributed by atoms with Crippen LogP contribution in [-0.4, -0.2) is 63.2 Å². The van der Waals surface area contributed by atoms with Gasteiger partial charge in [0, 0.05) is 52.0 Å². The summed E-state index contributed by atoms with van der Waals surface area (Å²) in [4.78, 5) is 42.3. The molecule has 0 radical (unpaired) electrons. The number of carbonyl (C=O) groups excluding carboxylic acids is 2. The quantitative estimate of drug-likeness (QED) is 0.823. The largest absolute Gasteiger partial charge is 0.436 e. The highest BCUT2D eigenvalue weighted by molar-refractivity contribution is 5.92. The summed E-state index contributed by atoms with van der Waals surface area (Å²) < 4.78 is 5.53. The van der Waals surface area contributed by atoms with Crippen molar-refractivity contribution in [1.29, 1.82) is 0 Å². The van der Waals surface area contributed by atoms with Gasteiger partial charge in [0.05, 0.1) is 17.9 Å². The summed E-state index contributed by atoms with van der Waals surface area (Å²) in [6, 6.07) is 0. The van der Waals surface area contributed by atoms with E-state index in [9.17, 15) is 9.59 Å². The number of rotatable bonds is 3. The van der Waals surface area contributed by atoms with Crippen molar-refractivity contribution in [2.45, 2.75) is 52.5 Å². The highest BCUT2D eigenvalue weighted by Gasteiger charge is 2.31. The van der Waals surface area contributed by atoms with Gasteiger partial charge in [0.25, 0.3) is 5.91 Å². The molecule has 0 aromatic carbocycles. The van der Waals surface area contributed by atoms with Gasteiger partial charge in [0.2, 0.25) is 11.7 Å². The van der Waals surface area contributed by atoms with E-state index in [2.05, 4.69) is 10.3 Å². The van der Waals surface area contributed by atoms with Gasteiger partial charge in [-0.3, -0.25) is 9.59 Å². The molecule has 30 heavy (non-hydrogen) atoms. The summed E-state index contributed by atoms with van der Waals surface area (Å²) in [5.74, 6) is 2.36. The Labute approximate surface area is 175 Å². The van der Waals surface area contributed by atoms with Crippen LogP contribution in [0, 0.1) is 13.8 Å². The lowest BCUT2D eigenvalue weighted by molar-refractivity contribution is -0.130. The number of hydrogen-bond donors (Lipinski definition) is 1. The lowest BCUT2D eigenvalue weighted by Gasteiger charge is -2.33. The van der Waals surface area contributed by atoms with E-state index in [1.165, 1.54) is 0 Å². The Morgan fingerprint density at radius 2 is 1.93 bits per heavy atom. The third kappa shape index (κ3) is 3.76. The minimum atomic E-state index is -0.162. The summed E-state index contributed by atoms with van der Waals surface area (Å²) in [7, 11) is 1.85. The molecular weight excluding hydrogens is 384 g/mol. The molecule has 0 aliphatic carbocycles. The number of fused-ring (bicyclic) bond motifs is 1. The average Bonchev–Trinajstić information content (AvgIpc) is 3.09. The number of amides is 2. The van der Waals surface area contributed by atoms with Crippen LogP contribution in [0.3, 0.4) is 0 Å². The molecule has 0 unspecified atom stereocenters. The molecule has 2 aromatic rings. The number of hydrogen-bond acceptors (Lipinski definition) is 7. The Morgan fingerprint density at radius 3 is 2.60 bits per heavy atom. The van der Waals surface area contributed by atoms with Crippen LogP contribution in [-0.2, 0) is 17.8 Å². The van der Waals surface area contributed by atoms with Crippen LogP contribution in [0.4, 0.5) is 5.82 Å². The Balaban J connectivity index is 1.61. The monoisotopic (exact) mass is 412 g/mol. The molecule has 1 saturated heterocycles. The van der Waals surface area contributed by atoms with Crippen molar-refractivity contribution in [3.63, 3.8) is 0 Å². The number of aromatic nitrogens is 3. The van der Waals surface area contributed by atoms with Crippen LogP contribution in [0.15, 0.2) is 4.42 Å². The lowest BCUT2D eigenvalue weighted by atomic mass is 9.96. The fraction of sp³-hybridized carbons (Fsp3) is 0.571. The first-order chi connectivity index (χ1) is 14.4. The van der Waals surface area contributed by atoms with Gasteiger partial charge in [-0.05, 0) is 26.2 Å². The van der Waals surface area contributed by atoms with Gasteiger partial charge in [-0.15, -0.1) is 0 Å². The molecule has 4 rings (SSSR count). The molecule has 2 aliphatic rings. The Bertz CT molecular complexity index is 985. The fourth-order valence-electron chi connectivity index (χ4n) is 4.36. The maximum absolute atomic E-state index is 13.0. The van der Waals surface area contributed by atoms with Crippen LogP contribution in [0.2, 0.25) is 0 Å². The molecule has 9 nitrogen and oxygen atoms in total. The molecule has 2 aromatic heterocycles. The molecule has 1 atom stereocenters. The lowest BCUT2D eigenvalue weighted by Crippen LogP contribution is -2.39. The third-order valence-corrected chi connectivity index (χ3v) is 5.94. The third-order valence-electron chi connectivity index (χ3n) is 5.94. The molecule has 1 fully saturated rings. The van der Waals surface area contributed by atoms with E-state index in [0.29, 0.717) is 43.4 Å². The fourth-order valence-corrected chi connectivity index (χ4v) is 4.36. The minimum Gasteiger partial charge on any atom is -0.436 e. The van der Waals surface area contributed by atoms with E-state index >= 15 is 0 Å². The molecule has 0 bridgehead atoms. The second-order valence-corrected chi connectivity index (χ2v) is 8.03. The number of piperidine rings is 1. The van der Waals surface area contributed by atoms with Crippen molar-refractivity contribution in [2.75, 3.05) is 32.0 Å². The van der Waals surface area contributed by atoms with Crippen LogP contribution >= 0.6 is 0 Å². The smallest absolute Gasteiger partial charge is 0.291 e. The van der Waals surface area contributed by atoms with Crippen LogP contribution < -0.4 is 5.32 Å². The van der Waals surface area contributed by atoms with Gasteiger partial charge >= 0.3 is 0 Å². The van der Waals surface area contributed by atoms with E-state index in [0.717, 1.165) is 42.3 Å². The predicted octanol–water partition coefficient (Wildman–Crippen LogP) is 2.05. The predicted molar refractivity (Wildman–Crippen MR) is 110 cm³/mol. The second-order valence-electron chi connectivity index (χ2n) is 8.03. The first-order valence-corrected chi connectivity index (χ1v) is 10.4. The Morgan fingerprint density at radius 1 is 1.13 bits per heavy atom. The van der Waals surface area contributed by atoms with Crippen molar-refractivity contribution in [1.82, 2.24) is 24.8 Å². The SMILES string of the molecule is CNc1nc([C@H]2CCCN(C(C)=O)C2)nc2c1CCN(C(=O)c1oc(C)nc1C)C2. The van der Waals surface area contributed by atoms with E-state index in [-0.39, 0.29) is 17.7 Å². The van der Waals surface area contributed by atoms with Crippen molar-refractivity contribution in [3.8, 4) is 0 Å². The van der Waals surface area contributed by atoms with Gasteiger partial charge in [-0.2, -0.15) is 0 Å². The van der Waals surface area contributed by atoms with Crippen molar-refractivity contribution in [3.05, 3.63) is 34.4 Å². The van der Waals surface area contributed by atoms with Crippen LogP contribution in [0.5, 0.6) is 0 Å². The first-order valence-electron chi connectivity index (χ1n) is 10.4. The summed E-state index contributed by atoms with van der Waals surface area (Å²) in [6.45, 7) is 7.52. The highest BCUT2D eigenvalue weighted by Crippen LogP contribution is 2.30. The molecule has 2 amide bonds. The van der Waals surface area contributed by atoms with E-state index in [1.54, 1.807) is 25.7 Å². The van der Waals surface area contributed by atoms with E-state index in [4.69, 9.17) is 14.4 Å². The molecule has 0 spiro atoms. The van der Waals surface area contributed by atoms with Gasteiger partial charge < -0.3 is 19.5 Å². The standard InChI is InChI=1S/C21H28N6O3/c1-12-18(30-13(2)23-12)21(29)27-9-7-16-17(11-27)24-19(25-20(16)22-4)15-6-5-8-26(10-15)14(3)28/h15H,5-11H2,1-4H3,(H,22,24,25)/t15-/m0/s1. The number of carbonyl (C=O) groups is 2. The summed E-state index contributed by atoms with van der Waals surface area (Å²) in [6.07, 6.45) is 2.56. The number of nitrogens with zero attached hydrogens (tertiary/aromatic N) is 5. The molecular formula is C21H28N6O3. The number of anilines is 1. The topological polar surface area (TPSA) is 104 Å². The van der Waals surface area contributed by atoms with Gasteiger partial charge in [-0.1, -0.05) is 0 Å². The Hall–Kier alpha value is -2.97. The zero-order valence-electron chi connectivity index (χ0n) is 18.0. The number of aryl methyl sites for hydroxylation is 2. The minimum absolute atomic E-state index is 0.0843. The average molecular weight is 412 g/mol. The van der Waals surface area contributed by atoms with Crippen molar-refractivity contribution < 1.29 is 14.0 Å². The zero-order chi connectivity index (χ0) is 21.4. The molecule has 9 heteroatoms. The molecule has 160 valence electrons. The first kappa shape index (κ1) is 20.3. The Kier molecular flexibility index (Phi) is 5.44. The maximum Gasteiger partial charge on any atom is 0.291 e. The van der Waals surface area contributed by atoms with E-state index in [1.807, 2.05) is 11.9 Å². The van der Waals surface area contributed by atoms with Crippen molar-refractivity contribution in [2.24, 2.45) is 0 Å². The van der Waals surface area contributed by atoms with Crippen LogP contribution in [0.25, 0.3) is 0 Å². The second kappa shape index (κ2) is 8.04. The number of nitrogens with one attached hydrogen (secondary N) is 1. The number of oxazole rings is 1. The van der Waals surface area contributed by atoms with E-state index < -0.39 is 0 Å². The molecule has 4 heterocycles. The normalized spacial score (nSPS) is 18.9. The van der Waals surface area contributed by atoms with Gasteiger partial charge in [-0.25, -0.2) is 15.0 Å². The van der Waals surface area contributed by atoms with Crippen LogP contribution in [0.1, 0.15) is 64.9 Å². The zero-order valence-corrected chi connectivity index (χ0v) is 18.0. The molecule has 0 saturated carbocycles. The van der Waals surface area contributed by atoms with Gasteiger partial charge in [0.15, 0.2) is 5.89 Å². The molecule has 2 aliphatic heterocycles. The maximum atomic E-state index is 13.0. The van der Waals surface area contributed by atoms with Gasteiger partial charge in [0.1, 0.15) is 11.6 Å². The highest BCUT2D eigenvalue weighted by atomic mass is 16.4. The molecule has 1 N–H and O–H groups in total. The van der Waals surface area contributed by atoms with Crippen molar-refractivity contribution >= 4 is 17.6 Å². The summed E-state index contributed by atoms with van der Waals surface area (Å²) >= 11 is 0. The number of likely N-dealkylation sites (tertiary alicyclic amines) is 1.